The van der Waals surface area contributed by atoms with Gasteiger partial charge in [0.15, 0.2) is 0 Å². The maximum Gasteiger partial charge on any atom is 0.0224 e. The number of allylic oxidation sites excluding steroid dienone is 1. The molecule has 3 nitrogen and oxygen atoms in total. The highest BCUT2D eigenvalue weighted by Crippen LogP contribution is 2.17. The highest BCUT2D eigenvalue weighted by atomic mass is 15.3. The van der Waals surface area contributed by atoms with Gasteiger partial charge in [0.05, 0.1) is 0 Å². The number of piperazine rings is 1. The molecule has 2 heterocycles. The quantitative estimate of drug-likeness (QED) is 0.723. The zero-order valence-electron chi connectivity index (χ0n) is 13.1. The smallest absolute Gasteiger partial charge is 0.0224 e. The Morgan fingerprint density at radius 1 is 1.05 bits per heavy atom. The Labute approximate surface area is 119 Å². The van der Waals surface area contributed by atoms with E-state index in [0.29, 0.717) is 0 Å². The van der Waals surface area contributed by atoms with Crippen LogP contribution in [-0.2, 0) is 0 Å². The molecular weight excluding hydrogens is 234 g/mol. The van der Waals surface area contributed by atoms with Crippen molar-refractivity contribution >= 4 is 0 Å². The molecule has 2 aliphatic rings. The molecule has 0 saturated carbocycles. The third-order valence-electron chi connectivity index (χ3n) is 4.54. The minimum atomic E-state index is 0.793. The highest BCUT2D eigenvalue weighted by Gasteiger charge is 2.25. The van der Waals surface area contributed by atoms with Crippen LogP contribution in [0.5, 0.6) is 0 Å². The molecule has 0 aromatic rings. The lowest BCUT2D eigenvalue weighted by Gasteiger charge is -2.39. The zero-order chi connectivity index (χ0) is 13.7. The fourth-order valence-electron chi connectivity index (χ4n) is 3.16. The largest absolute Gasteiger partial charge is 0.304 e. The van der Waals surface area contributed by atoms with Gasteiger partial charge >= 0.3 is 0 Å². The van der Waals surface area contributed by atoms with Crippen LogP contribution in [0, 0.1) is 0 Å². The van der Waals surface area contributed by atoms with Gasteiger partial charge in [-0.05, 0) is 40.3 Å². The van der Waals surface area contributed by atoms with Crippen molar-refractivity contribution in [2.75, 3.05) is 52.9 Å². The molecule has 0 N–H and O–H groups in total. The fourth-order valence-corrected chi connectivity index (χ4v) is 3.16. The molecule has 1 unspecified atom stereocenters. The van der Waals surface area contributed by atoms with E-state index in [9.17, 15) is 0 Å². The van der Waals surface area contributed by atoms with Crippen molar-refractivity contribution in [2.24, 2.45) is 0 Å². The van der Waals surface area contributed by atoms with E-state index in [0.717, 1.165) is 12.6 Å². The monoisotopic (exact) mass is 265 g/mol. The van der Waals surface area contributed by atoms with Gasteiger partial charge in [-0.15, -0.1) is 0 Å². The number of hydrogen-bond acceptors (Lipinski definition) is 3. The first-order valence-electron chi connectivity index (χ1n) is 7.93. The summed E-state index contributed by atoms with van der Waals surface area (Å²) in [4.78, 5) is 7.85. The Balaban J connectivity index is 1.87. The molecule has 0 bridgehead atoms. The third-order valence-corrected chi connectivity index (χ3v) is 4.54. The van der Waals surface area contributed by atoms with Crippen LogP contribution in [0.4, 0.5) is 0 Å². The first kappa shape index (κ1) is 15.0. The molecule has 0 amide bonds. The van der Waals surface area contributed by atoms with E-state index in [2.05, 4.69) is 41.7 Å². The van der Waals surface area contributed by atoms with E-state index < -0.39 is 0 Å². The first-order valence-corrected chi connectivity index (χ1v) is 7.93. The summed E-state index contributed by atoms with van der Waals surface area (Å²) < 4.78 is 0. The number of rotatable bonds is 3. The van der Waals surface area contributed by atoms with Crippen LogP contribution in [-0.4, -0.2) is 73.6 Å². The van der Waals surface area contributed by atoms with E-state index in [1.165, 1.54) is 64.1 Å². The Hall–Kier alpha value is -0.380. The van der Waals surface area contributed by atoms with Gasteiger partial charge in [0.2, 0.25) is 0 Å². The zero-order valence-corrected chi connectivity index (χ0v) is 13.1. The summed E-state index contributed by atoms with van der Waals surface area (Å²) in [5, 5.41) is 0. The molecule has 3 heteroatoms. The molecule has 19 heavy (non-hydrogen) atoms. The summed E-state index contributed by atoms with van der Waals surface area (Å²) in [5.41, 5.74) is 1.44. The second-order valence-electron chi connectivity index (χ2n) is 6.53. The summed E-state index contributed by atoms with van der Waals surface area (Å²) in [6.07, 6.45) is 6.56. The fraction of sp³-hybridized carbons (Fsp3) is 0.875. The lowest BCUT2D eigenvalue weighted by Crippen LogP contribution is -2.51. The van der Waals surface area contributed by atoms with Crippen LogP contribution in [0.1, 0.15) is 33.1 Å². The van der Waals surface area contributed by atoms with Gasteiger partial charge in [0.1, 0.15) is 0 Å². The summed E-state index contributed by atoms with van der Waals surface area (Å²) in [7, 11) is 2.24. The maximum absolute atomic E-state index is 2.74. The van der Waals surface area contributed by atoms with Crippen LogP contribution in [0.2, 0.25) is 0 Å². The average Bonchev–Trinajstić information content (AvgIpc) is 2.63. The highest BCUT2D eigenvalue weighted by molar-refractivity contribution is 4.96. The van der Waals surface area contributed by atoms with Crippen LogP contribution in [0.25, 0.3) is 0 Å². The van der Waals surface area contributed by atoms with Crippen molar-refractivity contribution in [2.45, 2.75) is 39.2 Å². The third kappa shape index (κ3) is 4.90. The number of likely N-dealkylation sites (tertiary alicyclic amines) is 1. The number of nitrogens with zero attached hydrogens (tertiary/aromatic N) is 3. The van der Waals surface area contributed by atoms with Crippen LogP contribution < -0.4 is 0 Å². The second kappa shape index (κ2) is 7.41. The molecule has 1 atom stereocenters. The van der Waals surface area contributed by atoms with Gasteiger partial charge in [0.25, 0.3) is 0 Å². The molecule has 0 spiro atoms. The summed E-state index contributed by atoms with van der Waals surface area (Å²) >= 11 is 0. The van der Waals surface area contributed by atoms with Crippen molar-refractivity contribution in [3.05, 3.63) is 11.6 Å². The SMILES string of the molecule is CC(C)=CCN1CCCCC(N2CCN(C)CC2)C1. The minimum Gasteiger partial charge on any atom is -0.304 e. The van der Waals surface area contributed by atoms with E-state index in [1.54, 1.807) is 0 Å². The number of hydrogen-bond donors (Lipinski definition) is 0. The molecule has 0 radical (unpaired) electrons. The van der Waals surface area contributed by atoms with E-state index in [1.807, 2.05) is 0 Å². The molecule has 2 aliphatic heterocycles. The Bertz CT molecular complexity index is 288. The predicted molar refractivity (Wildman–Crippen MR) is 82.6 cm³/mol. The Morgan fingerprint density at radius 3 is 2.47 bits per heavy atom. The van der Waals surface area contributed by atoms with Crippen molar-refractivity contribution in [1.82, 2.24) is 14.7 Å². The lowest BCUT2D eigenvalue weighted by molar-refractivity contribution is 0.0912. The summed E-state index contributed by atoms with van der Waals surface area (Å²) in [6.45, 7) is 13.1. The second-order valence-corrected chi connectivity index (χ2v) is 6.53. The molecule has 0 aromatic carbocycles. The van der Waals surface area contributed by atoms with E-state index >= 15 is 0 Å². The van der Waals surface area contributed by atoms with Gasteiger partial charge < -0.3 is 4.90 Å². The molecule has 0 aromatic heterocycles. The van der Waals surface area contributed by atoms with Gasteiger partial charge in [-0.1, -0.05) is 18.1 Å². The van der Waals surface area contributed by atoms with Gasteiger partial charge in [-0.25, -0.2) is 0 Å². The van der Waals surface area contributed by atoms with E-state index in [4.69, 9.17) is 0 Å². The van der Waals surface area contributed by atoms with Crippen molar-refractivity contribution in [3.8, 4) is 0 Å². The molecule has 2 fully saturated rings. The normalized spacial score (nSPS) is 28.1. The van der Waals surface area contributed by atoms with Crippen molar-refractivity contribution in [3.63, 3.8) is 0 Å². The number of likely N-dealkylation sites (N-methyl/N-ethyl adjacent to an activating group) is 1. The minimum absolute atomic E-state index is 0.793. The van der Waals surface area contributed by atoms with Crippen molar-refractivity contribution < 1.29 is 0 Å². The van der Waals surface area contributed by atoms with Crippen molar-refractivity contribution in [1.29, 1.82) is 0 Å². The van der Waals surface area contributed by atoms with Crippen LogP contribution in [0.3, 0.4) is 0 Å². The van der Waals surface area contributed by atoms with Gasteiger partial charge in [0, 0.05) is 45.3 Å². The molecule has 2 saturated heterocycles. The Kier molecular flexibility index (Phi) is 5.86. The van der Waals surface area contributed by atoms with Gasteiger partial charge in [-0.2, -0.15) is 0 Å². The van der Waals surface area contributed by atoms with E-state index in [-0.39, 0.29) is 0 Å². The topological polar surface area (TPSA) is 9.72 Å². The Morgan fingerprint density at radius 2 is 1.79 bits per heavy atom. The first-order chi connectivity index (χ1) is 9.15. The van der Waals surface area contributed by atoms with Crippen LogP contribution in [0.15, 0.2) is 11.6 Å². The van der Waals surface area contributed by atoms with Crippen LogP contribution >= 0.6 is 0 Å². The standard InChI is InChI=1S/C16H31N3/c1-15(2)7-9-18-8-5-4-6-16(14-18)19-12-10-17(3)11-13-19/h7,16H,4-6,8-14H2,1-3H3. The lowest BCUT2D eigenvalue weighted by atomic mass is 10.1. The summed E-state index contributed by atoms with van der Waals surface area (Å²) in [6, 6.07) is 0.793. The predicted octanol–water partition coefficient (Wildman–Crippen LogP) is 2.05. The molecule has 2 rings (SSSR count). The maximum atomic E-state index is 2.74. The molecule has 0 aliphatic carbocycles. The molecule has 110 valence electrons. The van der Waals surface area contributed by atoms with Gasteiger partial charge in [-0.3, -0.25) is 9.80 Å². The summed E-state index contributed by atoms with van der Waals surface area (Å²) in [5.74, 6) is 0. The molecular formula is C16H31N3. The average molecular weight is 265 g/mol.